The van der Waals surface area contributed by atoms with Gasteiger partial charge >= 0.3 is 5.97 Å². The molecule has 188 valence electrons. The van der Waals surface area contributed by atoms with Gasteiger partial charge in [-0.2, -0.15) is 0 Å². The third-order valence-corrected chi connectivity index (χ3v) is 9.13. The molecule has 4 rings (SSSR count). The number of aliphatic carboxylic acids is 1. The number of nitrogens with one attached hydrogen (secondary N) is 3. The van der Waals surface area contributed by atoms with Gasteiger partial charge in [-0.15, -0.1) is 0 Å². The number of allylic oxidation sites excluding steroid dienone is 2. The van der Waals surface area contributed by atoms with Crippen LogP contribution in [0.25, 0.3) is 0 Å². The van der Waals surface area contributed by atoms with E-state index in [1.165, 1.54) is 30.3 Å². The van der Waals surface area contributed by atoms with Crippen molar-refractivity contribution in [2.45, 2.75) is 12.5 Å². The molecule has 2 aliphatic heterocycles. The molecule has 0 saturated heterocycles. The van der Waals surface area contributed by atoms with Gasteiger partial charge in [0.2, 0.25) is 0 Å². The molecule has 14 heteroatoms. The van der Waals surface area contributed by atoms with Crippen molar-refractivity contribution >= 4 is 89.8 Å². The molecule has 0 saturated carbocycles. The number of carboxylic acids is 1. The lowest BCUT2D eigenvalue weighted by atomic mass is 10.1. The first-order chi connectivity index (χ1) is 17.0. The number of amides is 1. The number of hydrogen-bond acceptors (Lipinski definition) is 7. The van der Waals surface area contributed by atoms with E-state index in [0.29, 0.717) is 24.3 Å². The van der Waals surface area contributed by atoms with Crippen LogP contribution < -0.4 is 14.8 Å². The highest BCUT2D eigenvalue weighted by atomic mass is 127. The molecule has 1 atom stereocenters. The average molecular weight is 724 g/mol. The third-order valence-electron chi connectivity index (χ3n) is 5.09. The predicted octanol–water partition coefficient (Wildman–Crippen LogP) is 4.60. The van der Waals surface area contributed by atoms with Gasteiger partial charge in [0.1, 0.15) is 10.9 Å². The summed E-state index contributed by atoms with van der Waals surface area (Å²) in [5.74, 6) is -1.97. The summed E-state index contributed by atoms with van der Waals surface area (Å²) in [5.41, 5.74) is 1.09. The number of rotatable bonds is 8. The maximum absolute atomic E-state index is 13.3. The van der Waals surface area contributed by atoms with E-state index in [9.17, 15) is 23.1 Å². The topological polar surface area (TPSA) is 128 Å². The molecule has 0 radical (unpaired) electrons. The van der Waals surface area contributed by atoms with Crippen LogP contribution in [0.3, 0.4) is 0 Å². The van der Waals surface area contributed by atoms with Crippen LogP contribution in [0.5, 0.6) is 0 Å². The highest BCUT2D eigenvalue weighted by Gasteiger charge is 2.31. The lowest BCUT2D eigenvalue weighted by Gasteiger charge is -2.21. The van der Waals surface area contributed by atoms with Crippen LogP contribution in [0.4, 0.5) is 5.69 Å². The van der Waals surface area contributed by atoms with E-state index >= 15 is 0 Å². The van der Waals surface area contributed by atoms with Crippen molar-refractivity contribution in [3.63, 3.8) is 0 Å². The number of sulfonamides is 1. The molecule has 2 aliphatic rings. The molecule has 0 aliphatic carbocycles. The first kappa shape index (κ1) is 26.9. The molecular weight excluding hydrogens is 707 g/mol. The van der Waals surface area contributed by atoms with Gasteiger partial charge in [-0.1, -0.05) is 17.7 Å². The Bertz CT molecular complexity index is 1450. The van der Waals surface area contributed by atoms with Gasteiger partial charge in [0.15, 0.2) is 0 Å². The van der Waals surface area contributed by atoms with Crippen LogP contribution in [0, 0.1) is 3.57 Å². The highest BCUT2D eigenvalue weighted by molar-refractivity contribution is 14.1. The number of benzene rings is 2. The Hall–Kier alpha value is -2.20. The fourth-order valence-electron chi connectivity index (χ4n) is 3.40. The van der Waals surface area contributed by atoms with E-state index in [0.717, 1.165) is 0 Å². The van der Waals surface area contributed by atoms with Crippen molar-refractivity contribution in [1.29, 1.82) is 0 Å². The van der Waals surface area contributed by atoms with E-state index in [4.69, 9.17) is 11.6 Å². The van der Waals surface area contributed by atoms with E-state index in [1.54, 1.807) is 47.0 Å². The average Bonchev–Trinajstić information content (AvgIpc) is 3.29. The van der Waals surface area contributed by atoms with Gasteiger partial charge in [0.25, 0.3) is 15.9 Å². The maximum atomic E-state index is 13.3. The molecular formula is C22H17BrClIN4O5S2. The Balaban J connectivity index is 1.59. The second-order valence-corrected chi connectivity index (χ2v) is 12.5. The zero-order chi connectivity index (χ0) is 26.0. The Labute approximate surface area is 238 Å². The second-order valence-electron chi connectivity index (χ2n) is 7.55. The number of halogens is 3. The number of nitrogens with zero attached hydrogens (tertiary/aromatic N) is 1. The van der Waals surface area contributed by atoms with Gasteiger partial charge in [-0.25, -0.2) is 13.2 Å². The number of anilines is 1. The van der Waals surface area contributed by atoms with E-state index in [-0.39, 0.29) is 22.6 Å². The molecule has 2 heterocycles. The van der Waals surface area contributed by atoms with Gasteiger partial charge in [0.05, 0.1) is 34.1 Å². The van der Waals surface area contributed by atoms with Crippen molar-refractivity contribution in [3.05, 3.63) is 95.7 Å². The smallest absolute Gasteiger partial charge is 0.326 e. The summed E-state index contributed by atoms with van der Waals surface area (Å²) < 4.78 is 34.8. The molecule has 9 nitrogen and oxygen atoms in total. The molecule has 0 fully saturated rings. The Morgan fingerprint density at radius 1 is 1.25 bits per heavy atom. The third kappa shape index (κ3) is 6.02. The Morgan fingerprint density at radius 2 is 2.03 bits per heavy atom. The lowest BCUT2D eigenvalue weighted by Crippen LogP contribution is -2.42. The SMILES string of the molecule is O=C(NC(Cc1ccc(Cl)c(Br)c1)C(=O)O)c1ccc(I)cc1NS(=O)(=O)C1=CC=CN2SNC=C12. The summed E-state index contributed by atoms with van der Waals surface area (Å²) in [6.07, 6.45) is 6.33. The molecule has 1 unspecified atom stereocenters. The van der Waals surface area contributed by atoms with Gasteiger partial charge in [-0.05, 0) is 86.6 Å². The van der Waals surface area contributed by atoms with Crippen LogP contribution in [0.2, 0.25) is 5.02 Å². The quantitative estimate of drug-likeness (QED) is 0.230. The number of carbonyl (C=O) groups excluding carboxylic acids is 1. The molecule has 36 heavy (non-hydrogen) atoms. The standard InChI is InChI=1S/C22H17BrClIN4O5S2/c23-15-8-12(3-6-16(15)24)9-18(22(31)32)27-21(30)14-5-4-13(25)10-17(14)28-36(33,34)20-2-1-7-29-19(20)11-26-35-29/h1-8,10-11,18,26,28H,9H2,(H,27,30)(H,31,32). The summed E-state index contributed by atoms with van der Waals surface area (Å²) in [7, 11) is -4.09. The normalized spacial score (nSPS) is 15.4. The Morgan fingerprint density at radius 3 is 2.75 bits per heavy atom. The van der Waals surface area contributed by atoms with Crippen LogP contribution >= 0.6 is 62.3 Å². The molecule has 2 aromatic rings. The second kappa shape index (κ2) is 11.0. The molecule has 0 spiro atoms. The van der Waals surface area contributed by atoms with Crippen molar-refractivity contribution in [2.24, 2.45) is 0 Å². The van der Waals surface area contributed by atoms with E-state index in [1.807, 2.05) is 22.6 Å². The summed E-state index contributed by atoms with van der Waals surface area (Å²) in [6, 6.07) is 8.28. The Kier molecular flexibility index (Phi) is 8.24. The maximum Gasteiger partial charge on any atom is 0.326 e. The van der Waals surface area contributed by atoms with Gasteiger partial charge in [-0.3, -0.25) is 13.8 Å². The highest BCUT2D eigenvalue weighted by Crippen LogP contribution is 2.34. The fourth-order valence-corrected chi connectivity index (χ4v) is 6.41. The zero-order valence-corrected chi connectivity index (χ0v) is 24.2. The summed E-state index contributed by atoms with van der Waals surface area (Å²) in [4.78, 5) is 25.1. The number of carbonyl (C=O) groups is 2. The minimum atomic E-state index is -4.09. The van der Waals surface area contributed by atoms with Crippen molar-refractivity contribution in [1.82, 2.24) is 14.3 Å². The largest absolute Gasteiger partial charge is 0.480 e. The van der Waals surface area contributed by atoms with E-state index in [2.05, 4.69) is 30.7 Å². The van der Waals surface area contributed by atoms with Crippen LogP contribution in [0.15, 0.2) is 76.0 Å². The minimum absolute atomic E-state index is 0.00382. The van der Waals surface area contributed by atoms with Crippen molar-refractivity contribution in [3.8, 4) is 0 Å². The number of hydrogen-bond donors (Lipinski definition) is 4. The van der Waals surface area contributed by atoms with Crippen molar-refractivity contribution < 1.29 is 23.1 Å². The monoisotopic (exact) mass is 722 g/mol. The van der Waals surface area contributed by atoms with Crippen LogP contribution in [-0.2, 0) is 21.2 Å². The van der Waals surface area contributed by atoms with Crippen LogP contribution in [0.1, 0.15) is 15.9 Å². The van der Waals surface area contributed by atoms with E-state index < -0.39 is 27.9 Å². The minimum Gasteiger partial charge on any atom is -0.480 e. The zero-order valence-electron chi connectivity index (χ0n) is 18.0. The molecule has 0 bridgehead atoms. The molecule has 1 amide bonds. The lowest BCUT2D eigenvalue weighted by molar-refractivity contribution is -0.139. The van der Waals surface area contributed by atoms with Gasteiger partial charge in [0, 0.05) is 26.9 Å². The fraction of sp³-hybridized carbons (Fsp3) is 0.0909. The summed E-state index contributed by atoms with van der Waals surface area (Å²) >= 11 is 12.5. The molecule has 4 N–H and O–H groups in total. The number of carboxylic acid groups (broad SMARTS) is 1. The number of fused-ring (bicyclic) bond motifs is 1. The first-order valence-corrected chi connectivity index (χ1v) is 14.7. The van der Waals surface area contributed by atoms with Crippen molar-refractivity contribution in [2.75, 3.05) is 4.72 Å². The molecule has 2 aromatic carbocycles. The first-order valence-electron chi connectivity index (χ1n) is 10.2. The van der Waals surface area contributed by atoms with Crippen LogP contribution in [-0.4, -0.2) is 35.7 Å². The summed E-state index contributed by atoms with van der Waals surface area (Å²) in [6.45, 7) is 0. The molecule has 0 aromatic heterocycles. The predicted molar refractivity (Wildman–Crippen MR) is 151 cm³/mol. The van der Waals surface area contributed by atoms with Gasteiger partial charge < -0.3 is 15.1 Å². The summed E-state index contributed by atoms with van der Waals surface area (Å²) in [5, 5.41) is 12.7.